The minimum Gasteiger partial charge on any atom is -0.354 e. The summed E-state index contributed by atoms with van der Waals surface area (Å²) in [6, 6.07) is 4.52. The van der Waals surface area contributed by atoms with Crippen LogP contribution in [0.25, 0.3) is 0 Å². The van der Waals surface area contributed by atoms with Gasteiger partial charge in [-0.3, -0.25) is 4.90 Å². The summed E-state index contributed by atoms with van der Waals surface area (Å²) in [7, 11) is 2.19. The van der Waals surface area contributed by atoms with Crippen molar-refractivity contribution in [1.29, 1.82) is 0 Å². The molecule has 3 rings (SSSR count). The molecule has 6 nitrogen and oxygen atoms in total. The summed E-state index contributed by atoms with van der Waals surface area (Å²) in [5.41, 5.74) is 0. The molecular formula is C16H24N6. The first-order valence-electron chi connectivity index (χ1n) is 8.01. The van der Waals surface area contributed by atoms with Crippen LogP contribution in [0.15, 0.2) is 30.7 Å². The topological polar surface area (TPSA) is 50.1 Å². The van der Waals surface area contributed by atoms with Gasteiger partial charge in [0.15, 0.2) is 5.82 Å². The fourth-order valence-electron chi connectivity index (χ4n) is 3.12. The Hall–Kier alpha value is -1.95. The molecule has 118 valence electrons. The molecule has 1 aliphatic rings. The molecule has 0 N–H and O–H groups in total. The molecule has 2 aromatic rings. The Kier molecular flexibility index (Phi) is 4.68. The Morgan fingerprint density at radius 3 is 3.05 bits per heavy atom. The number of imidazole rings is 1. The van der Waals surface area contributed by atoms with Crippen molar-refractivity contribution >= 4 is 5.82 Å². The highest BCUT2D eigenvalue weighted by atomic mass is 15.3. The van der Waals surface area contributed by atoms with Crippen LogP contribution in [-0.2, 0) is 13.1 Å². The summed E-state index contributed by atoms with van der Waals surface area (Å²) in [5, 5.41) is 8.23. The van der Waals surface area contributed by atoms with Gasteiger partial charge in [0.05, 0.1) is 6.54 Å². The van der Waals surface area contributed by atoms with E-state index in [4.69, 9.17) is 0 Å². The molecule has 1 fully saturated rings. The molecule has 1 saturated heterocycles. The van der Waals surface area contributed by atoms with Crippen LogP contribution < -0.4 is 4.90 Å². The van der Waals surface area contributed by atoms with Crippen LogP contribution in [0.2, 0.25) is 0 Å². The smallest absolute Gasteiger partial charge is 0.151 e. The van der Waals surface area contributed by atoms with Crippen LogP contribution >= 0.6 is 0 Å². The van der Waals surface area contributed by atoms with E-state index in [0.717, 1.165) is 37.8 Å². The monoisotopic (exact) mass is 300 g/mol. The average molecular weight is 300 g/mol. The number of piperidine rings is 1. The van der Waals surface area contributed by atoms with Gasteiger partial charge in [0.25, 0.3) is 0 Å². The highest BCUT2D eigenvalue weighted by Crippen LogP contribution is 2.20. The molecular weight excluding hydrogens is 276 g/mol. The molecule has 0 saturated carbocycles. The van der Waals surface area contributed by atoms with Gasteiger partial charge in [0.1, 0.15) is 5.82 Å². The van der Waals surface area contributed by atoms with Crippen LogP contribution in [0, 0.1) is 0 Å². The van der Waals surface area contributed by atoms with Gasteiger partial charge in [-0.25, -0.2) is 4.98 Å². The van der Waals surface area contributed by atoms with Gasteiger partial charge in [-0.15, -0.1) is 5.10 Å². The largest absolute Gasteiger partial charge is 0.354 e. The van der Waals surface area contributed by atoms with Crippen molar-refractivity contribution in [1.82, 2.24) is 24.6 Å². The minimum absolute atomic E-state index is 0.526. The number of rotatable bonds is 5. The normalized spacial score (nSPS) is 18.9. The maximum Gasteiger partial charge on any atom is 0.151 e. The van der Waals surface area contributed by atoms with E-state index in [-0.39, 0.29) is 0 Å². The number of likely N-dealkylation sites (N-methyl/N-ethyl adjacent to an activating group) is 1. The number of hydrogen-bond acceptors (Lipinski definition) is 5. The molecule has 0 bridgehead atoms. The van der Waals surface area contributed by atoms with Crippen molar-refractivity contribution in [3.05, 3.63) is 36.5 Å². The third kappa shape index (κ3) is 3.27. The Morgan fingerprint density at radius 2 is 2.27 bits per heavy atom. The predicted octanol–water partition coefficient (Wildman–Crippen LogP) is 1.79. The summed E-state index contributed by atoms with van der Waals surface area (Å²) in [5.74, 6) is 2.12. The summed E-state index contributed by atoms with van der Waals surface area (Å²) in [6.45, 7) is 6.08. The van der Waals surface area contributed by atoms with Crippen molar-refractivity contribution in [2.45, 2.75) is 38.9 Å². The van der Waals surface area contributed by atoms with Gasteiger partial charge >= 0.3 is 0 Å². The number of nitrogens with zero attached hydrogens (tertiary/aromatic N) is 6. The summed E-state index contributed by atoms with van der Waals surface area (Å²) in [6.07, 6.45) is 8.07. The average Bonchev–Trinajstić information content (AvgIpc) is 3.03. The zero-order chi connectivity index (χ0) is 15.4. The first-order valence-corrected chi connectivity index (χ1v) is 8.01. The van der Waals surface area contributed by atoms with E-state index >= 15 is 0 Å². The zero-order valence-electron chi connectivity index (χ0n) is 13.4. The summed E-state index contributed by atoms with van der Waals surface area (Å²) >= 11 is 0. The van der Waals surface area contributed by atoms with Crippen LogP contribution in [0.1, 0.15) is 25.6 Å². The lowest BCUT2D eigenvalue weighted by Crippen LogP contribution is -2.46. The third-order valence-corrected chi connectivity index (χ3v) is 4.44. The lowest BCUT2D eigenvalue weighted by atomic mass is 10.0. The van der Waals surface area contributed by atoms with Gasteiger partial charge in [0.2, 0.25) is 0 Å². The van der Waals surface area contributed by atoms with E-state index < -0.39 is 0 Å². The number of aryl methyl sites for hydroxylation is 1. The second-order valence-electron chi connectivity index (χ2n) is 5.87. The van der Waals surface area contributed by atoms with E-state index in [2.05, 4.69) is 49.7 Å². The van der Waals surface area contributed by atoms with Crippen molar-refractivity contribution in [2.24, 2.45) is 0 Å². The lowest BCUT2D eigenvalue weighted by Gasteiger charge is -2.37. The molecule has 22 heavy (non-hydrogen) atoms. The van der Waals surface area contributed by atoms with E-state index in [1.54, 1.807) is 6.20 Å². The summed E-state index contributed by atoms with van der Waals surface area (Å²) < 4.78 is 2.21. The van der Waals surface area contributed by atoms with Crippen molar-refractivity contribution < 1.29 is 0 Å². The molecule has 0 aromatic carbocycles. The molecule has 1 atom stereocenters. The highest BCUT2D eigenvalue weighted by Gasteiger charge is 2.24. The first kappa shape index (κ1) is 15.0. The maximum atomic E-state index is 4.48. The van der Waals surface area contributed by atoms with E-state index in [0.29, 0.717) is 6.04 Å². The van der Waals surface area contributed by atoms with Gasteiger partial charge in [-0.05, 0) is 38.9 Å². The van der Waals surface area contributed by atoms with Crippen LogP contribution in [0.4, 0.5) is 5.82 Å². The molecule has 6 heteroatoms. The Labute approximate surface area is 131 Å². The molecule has 1 aliphatic heterocycles. The number of hydrogen-bond donors (Lipinski definition) is 0. The van der Waals surface area contributed by atoms with Crippen molar-refractivity contribution in [2.75, 3.05) is 25.0 Å². The summed E-state index contributed by atoms with van der Waals surface area (Å²) in [4.78, 5) is 9.24. The van der Waals surface area contributed by atoms with Crippen LogP contribution in [-0.4, -0.2) is 50.8 Å². The molecule has 0 amide bonds. The molecule has 0 radical (unpaired) electrons. The van der Waals surface area contributed by atoms with Crippen molar-refractivity contribution in [3.8, 4) is 0 Å². The number of anilines is 1. The standard InChI is InChI=1S/C16H24N6/c1-3-21-11-9-17-16(21)13-20(2)14-6-5-10-22(12-14)15-7-4-8-18-19-15/h4,7-9,11,14H,3,5-6,10,12-13H2,1-2H3. The van der Waals surface area contributed by atoms with Gasteiger partial charge in [-0.1, -0.05) is 0 Å². The molecule has 1 unspecified atom stereocenters. The van der Waals surface area contributed by atoms with Gasteiger partial charge in [0, 0.05) is 44.3 Å². The number of aromatic nitrogens is 4. The SMILES string of the molecule is CCn1ccnc1CN(C)C1CCCN(c2cccnn2)C1. The second-order valence-corrected chi connectivity index (χ2v) is 5.87. The minimum atomic E-state index is 0.526. The highest BCUT2D eigenvalue weighted by molar-refractivity contribution is 5.37. The third-order valence-electron chi connectivity index (χ3n) is 4.44. The quantitative estimate of drug-likeness (QED) is 0.842. The van der Waals surface area contributed by atoms with Gasteiger partial charge < -0.3 is 9.47 Å². The van der Waals surface area contributed by atoms with E-state index in [9.17, 15) is 0 Å². The molecule has 3 heterocycles. The Morgan fingerprint density at radius 1 is 1.36 bits per heavy atom. The predicted molar refractivity (Wildman–Crippen MR) is 86.6 cm³/mol. The van der Waals surface area contributed by atoms with Crippen molar-refractivity contribution in [3.63, 3.8) is 0 Å². The second kappa shape index (κ2) is 6.87. The van der Waals surface area contributed by atoms with E-state index in [1.165, 1.54) is 12.8 Å². The first-order chi connectivity index (χ1) is 10.8. The molecule has 0 aliphatic carbocycles. The van der Waals surface area contributed by atoms with Crippen LogP contribution in [0.3, 0.4) is 0 Å². The van der Waals surface area contributed by atoms with E-state index in [1.807, 2.05) is 18.3 Å². The fraction of sp³-hybridized carbons (Fsp3) is 0.562. The zero-order valence-corrected chi connectivity index (χ0v) is 13.4. The fourth-order valence-corrected chi connectivity index (χ4v) is 3.12. The Balaban J connectivity index is 1.64. The van der Waals surface area contributed by atoms with Gasteiger partial charge in [-0.2, -0.15) is 5.10 Å². The lowest BCUT2D eigenvalue weighted by molar-refractivity contribution is 0.201. The maximum absolute atomic E-state index is 4.48. The molecule has 0 spiro atoms. The Bertz CT molecular complexity index is 581. The van der Waals surface area contributed by atoms with Crippen LogP contribution in [0.5, 0.6) is 0 Å². The molecule has 2 aromatic heterocycles.